The highest BCUT2D eigenvalue weighted by atomic mass is 16.2. The number of aromatic nitrogens is 2. The summed E-state index contributed by atoms with van der Waals surface area (Å²) in [5, 5.41) is 4.24. The molecule has 1 saturated heterocycles. The van der Waals surface area contributed by atoms with Gasteiger partial charge in [-0.25, -0.2) is 4.79 Å². The number of nitrogens with one attached hydrogen (secondary N) is 2. The Hall–Kier alpha value is -3.55. The van der Waals surface area contributed by atoms with Crippen molar-refractivity contribution in [3.05, 3.63) is 70.1 Å². The van der Waals surface area contributed by atoms with Crippen molar-refractivity contribution in [2.24, 2.45) is 10.9 Å². The third-order valence-electron chi connectivity index (χ3n) is 4.82. The average Bonchev–Trinajstić information content (AvgIpc) is 2.72. The molecular weight excluding hydrogens is 344 g/mol. The Labute approximate surface area is 154 Å². The molecule has 0 saturated carbocycles. The Morgan fingerprint density at radius 1 is 1.00 bits per heavy atom. The Kier molecular flexibility index (Phi) is 4.37. The number of nitrogens with zero attached hydrogens (tertiary/aromatic N) is 3. The molecule has 27 heavy (non-hydrogen) atoms. The molecule has 8 nitrogen and oxygen atoms in total. The van der Waals surface area contributed by atoms with E-state index in [0.717, 1.165) is 13.1 Å². The van der Waals surface area contributed by atoms with Gasteiger partial charge in [0.1, 0.15) is 0 Å². The SMILES string of the molecule is NN=c1[nH]c(=O)[nH]c2cc(C(=O)N3CCN(c4ccccc4)CC3)ccc12. The summed E-state index contributed by atoms with van der Waals surface area (Å²) in [6.07, 6.45) is 0. The topological polar surface area (TPSA) is 111 Å². The summed E-state index contributed by atoms with van der Waals surface area (Å²) >= 11 is 0. The van der Waals surface area contributed by atoms with Gasteiger partial charge in [-0.15, -0.1) is 0 Å². The van der Waals surface area contributed by atoms with Crippen molar-refractivity contribution in [3.8, 4) is 0 Å². The number of rotatable bonds is 2. The molecule has 0 radical (unpaired) electrons. The quantitative estimate of drug-likeness (QED) is 0.457. The molecule has 1 amide bonds. The van der Waals surface area contributed by atoms with Gasteiger partial charge < -0.3 is 20.6 Å². The van der Waals surface area contributed by atoms with Crippen LogP contribution in [0.25, 0.3) is 10.9 Å². The van der Waals surface area contributed by atoms with Gasteiger partial charge >= 0.3 is 5.69 Å². The number of carbonyl (C=O) groups excluding carboxylic acids is 1. The normalized spacial score (nSPS) is 15.3. The van der Waals surface area contributed by atoms with Crippen molar-refractivity contribution in [3.63, 3.8) is 0 Å². The molecule has 1 fully saturated rings. The predicted octanol–water partition coefficient (Wildman–Crippen LogP) is 0.593. The first-order chi connectivity index (χ1) is 13.2. The van der Waals surface area contributed by atoms with E-state index in [1.54, 1.807) is 18.2 Å². The fourth-order valence-electron chi connectivity index (χ4n) is 3.41. The first kappa shape index (κ1) is 16.9. The van der Waals surface area contributed by atoms with E-state index >= 15 is 0 Å². The van der Waals surface area contributed by atoms with Crippen LogP contribution in [0.2, 0.25) is 0 Å². The minimum atomic E-state index is -0.423. The van der Waals surface area contributed by atoms with Crippen LogP contribution >= 0.6 is 0 Å². The number of nitrogens with two attached hydrogens (primary N) is 1. The van der Waals surface area contributed by atoms with Crippen LogP contribution in [0.1, 0.15) is 10.4 Å². The maximum Gasteiger partial charge on any atom is 0.324 e. The van der Waals surface area contributed by atoms with Crippen LogP contribution in [0, 0.1) is 0 Å². The standard InChI is InChI=1S/C19H20N6O2/c20-23-17-15-7-6-13(12-16(15)21-19(27)22-17)18(26)25-10-8-24(9-11-25)14-4-2-1-3-5-14/h1-7,12H,8-11,20H2,(H2,21,22,23,27). The number of anilines is 1. The van der Waals surface area contributed by atoms with E-state index in [1.807, 2.05) is 23.1 Å². The molecule has 0 unspecified atom stereocenters. The summed E-state index contributed by atoms with van der Waals surface area (Å²) in [6, 6.07) is 15.3. The molecule has 4 rings (SSSR count). The molecule has 8 heteroatoms. The summed E-state index contributed by atoms with van der Waals surface area (Å²) in [4.78, 5) is 33.9. The van der Waals surface area contributed by atoms with Gasteiger partial charge in [0.2, 0.25) is 0 Å². The van der Waals surface area contributed by atoms with Crippen molar-refractivity contribution in [2.45, 2.75) is 0 Å². The molecule has 4 N–H and O–H groups in total. The first-order valence-electron chi connectivity index (χ1n) is 8.75. The zero-order valence-corrected chi connectivity index (χ0v) is 14.7. The molecule has 0 spiro atoms. The van der Waals surface area contributed by atoms with Gasteiger partial charge in [0.05, 0.1) is 5.52 Å². The van der Waals surface area contributed by atoms with Crippen molar-refractivity contribution in [2.75, 3.05) is 31.1 Å². The molecule has 2 aromatic carbocycles. The Balaban J connectivity index is 1.54. The molecule has 2 heterocycles. The van der Waals surface area contributed by atoms with Crippen LogP contribution in [0.5, 0.6) is 0 Å². The van der Waals surface area contributed by atoms with Crippen molar-refractivity contribution >= 4 is 22.5 Å². The fraction of sp³-hybridized carbons (Fsp3) is 0.211. The van der Waals surface area contributed by atoms with Crippen LogP contribution in [0.15, 0.2) is 58.4 Å². The second-order valence-corrected chi connectivity index (χ2v) is 6.43. The van der Waals surface area contributed by atoms with Crippen LogP contribution in [0.3, 0.4) is 0 Å². The van der Waals surface area contributed by atoms with Crippen molar-refractivity contribution < 1.29 is 4.79 Å². The van der Waals surface area contributed by atoms with Gasteiger partial charge in [-0.2, -0.15) is 5.10 Å². The van der Waals surface area contributed by atoms with E-state index in [0.29, 0.717) is 29.6 Å². The lowest BCUT2D eigenvalue weighted by molar-refractivity contribution is 0.0747. The van der Waals surface area contributed by atoms with E-state index in [1.165, 1.54) is 5.69 Å². The zero-order valence-electron chi connectivity index (χ0n) is 14.7. The van der Waals surface area contributed by atoms with Gasteiger partial charge in [-0.3, -0.25) is 9.78 Å². The highest BCUT2D eigenvalue weighted by Crippen LogP contribution is 2.17. The highest BCUT2D eigenvalue weighted by Gasteiger charge is 2.22. The number of para-hydroxylation sites is 1. The minimum absolute atomic E-state index is 0.0514. The number of fused-ring (bicyclic) bond motifs is 1. The van der Waals surface area contributed by atoms with Crippen LogP contribution in [0.4, 0.5) is 5.69 Å². The fourth-order valence-corrected chi connectivity index (χ4v) is 3.41. The molecule has 0 atom stereocenters. The van der Waals surface area contributed by atoms with Crippen LogP contribution in [-0.2, 0) is 0 Å². The lowest BCUT2D eigenvalue weighted by Crippen LogP contribution is -2.48. The molecule has 3 aromatic rings. The molecule has 1 aliphatic rings. The number of benzene rings is 2. The number of piperazine rings is 1. The van der Waals surface area contributed by atoms with E-state index in [9.17, 15) is 9.59 Å². The maximum absolute atomic E-state index is 12.9. The lowest BCUT2D eigenvalue weighted by Gasteiger charge is -2.36. The van der Waals surface area contributed by atoms with Crippen LogP contribution < -0.4 is 21.9 Å². The molecular formula is C19H20N6O2. The van der Waals surface area contributed by atoms with E-state index < -0.39 is 5.69 Å². The smallest absolute Gasteiger partial charge is 0.324 e. The average molecular weight is 364 g/mol. The summed E-state index contributed by atoms with van der Waals surface area (Å²) < 4.78 is 0. The van der Waals surface area contributed by atoms with Gasteiger partial charge in [0.15, 0.2) is 5.49 Å². The largest absolute Gasteiger partial charge is 0.368 e. The third kappa shape index (κ3) is 3.29. The number of hydrogen-bond donors (Lipinski definition) is 3. The van der Waals surface area contributed by atoms with Gasteiger partial charge in [-0.05, 0) is 30.3 Å². The van der Waals surface area contributed by atoms with Crippen molar-refractivity contribution in [1.29, 1.82) is 0 Å². The van der Waals surface area contributed by atoms with Crippen LogP contribution in [-0.4, -0.2) is 47.0 Å². The Bertz CT molecular complexity index is 1090. The number of hydrogen-bond acceptors (Lipinski definition) is 5. The van der Waals surface area contributed by atoms with E-state index in [-0.39, 0.29) is 11.4 Å². The second-order valence-electron chi connectivity index (χ2n) is 6.43. The van der Waals surface area contributed by atoms with Gasteiger partial charge in [0.25, 0.3) is 5.91 Å². The molecule has 0 aliphatic carbocycles. The molecule has 138 valence electrons. The van der Waals surface area contributed by atoms with E-state index in [2.05, 4.69) is 32.1 Å². The minimum Gasteiger partial charge on any atom is -0.368 e. The highest BCUT2D eigenvalue weighted by molar-refractivity contribution is 5.97. The Morgan fingerprint density at radius 3 is 2.44 bits per heavy atom. The Morgan fingerprint density at radius 2 is 1.74 bits per heavy atom. The lowest BCUT2D eigenvalue weighted by atomic mass is 10.1. The maximum atomic E-state index is 12.9. The predicted molar refractivity (Wildman–Crippen MR) is 103 cm³/mol. The summed E-state index contributed by atoms with van der Waals surface area (Å²) in [6.45, 7) is 2.86. The number of aromatic amines is 2. The number of amides is 1. The van der Waals surface area contributed by atoms with Gasteiger partial charge in [-0.1, -0.05) is 18.2 Å². The summed E-state index contributed by atoms with van der Waals surface area (Å²) in [5.74, 6) is 5.27. The second kappa shape index (κ2) is 6.99. The molecule has 1 aromatic heterocycles. The first-order valence-corrected chi connectivity index (χ1v) is 8.75. The van der Waals surface area contributed by atoms with Gasteiger partial charge in [0, 0.05) is 42.8 Å². The molecule has 0 bridgehead atoms. The molecule has 1 aliphatic heterocycles. The van der Waals surface area contributed by atoms with E-state index in [4.69, 9.17) is 5.84 Å². The number of carbonyl (C=O) groups is 1. The zero-order chi connectivity index (χ0) is 18.8. The number of H-pyrrole nitrogens is 2. The third-order valence-corrected chi connectivity index (χ3v) is 4.82. The monoisotopic (exact) mass is 364 g/mol. The summed E-state index contributed by atoms with van der Waals surface area (Å²) in [5.41, 5.74) is 2.08. The summed E-state index contributed by atoms with van der Waals surface area (Å²) in [7, 11) is 0. The van der Waals surface area contributed by atoms with Crippen molar-refractivity contribution in [1.82, 2.24) is 14.9 Å².